The number of esters is 1. The Balaban J connectivity index is 1.42. The highest BCUT2D eigenvalue weighted by atomic mass is 32.2. The van der Waals surface area contributed by atoms with E-state index in [0.717, 1.165) is 22.9 Å². The maximum absolute atomic E-state index is 12.8. The summed E-state index contributed by atoms with van der Waals surface area (Å²) in [7, 11) is 0. The number of hydrogen-bond donors (Lipinski definition) is 1. The monoisotopic (exact) mass is 410 g/mol. The normalized spacial score (nSPS) is 25.4. The summed E-state index contributed by atoms with van der Waals surface area (Å²) in [5.74, 6) is 0.786. The third kappa shape index (κ3) is 4.49. The van der Waals surface area contributed by atoms with E-state index in [2.05, 4.69) is 17.1 Å². The lowest BCUT2D eigenvalue weighted by Crippen LogP contribution is -2.62. The number of amides is 1. The Morgan fingerprint density at radius 2 is 1.76 bits per heavy atom. The van der Waals surface area contributed by atoms with Gasteiger partial charge in [-0.1, -0.05) is 23.9 Å². The zero-order valence-corrected chi connectivity index (χ0v) is 17.6. The quantitative estimate of drug-likeness (QED) is 0.597. The topological polar surface area (TPSA) is 58.6 Å². The number of nitrogens with zero attached hydrogens (tertiary/aromatic N) is 1. The molecule has 2 bridgehead atoms. The first kappa shape index (κ1) is 20.0. The number of fused-ring (bicyclic) bond motifs is 3. The van der Waals surface area contributed by atoms with Crippen molar-refractivity contribution in [2.45, 2.75) is 48.6 Å². The molecule has 5 nitrogen and oxygen atoms in total. The number of nitrogens with one attached hydrogen (secondary N) is 1. The Kier molecular flexibility index (Phi) is 5.92. The van der Waals surface area contributed by atoms with Crippen LogP contribution in [0.3, 0.4) is 0 Å². The summed E-state index contributed by atoms with van der Waals surface area (Å²) in [5.41, 5.74) is 0.672. The van der Waals surface area contributed by atoms with Gasteiger partial charge in [0.2, 0.25) is 0 Å². The van der Waals surface area contributed by atoms with Crippen molar-refractivity contribution in [1.29, 1.82) is 0 Å². The largest absolute Gasteiger partial charge is 0.426 e. The highest BCUT2D eigenvalue weighted by Crippen LogP contribution is 2.35. The predicted molar refractivity (Wildman–Crippen MR) is 113 cm³/mol. The molecule has 6 heteroatoms. The minimum atomic E-state index is -0.341. The molecule has 3 aliphatic rings. The molecule has 1 N–H and O–H groups in total. The molecular weight excluding hydrogens is 384 g/mol. The van der Waals surface area contributed by atoms with Crippen molar-refractivity contribution in [3.63, 3.8) is 0 Å². The average molecular weight is 411 g/mol. The Bertz CT molecular complexity index is 889. The summed E-state index contributed by atoms with van der Waals surface area (Å²) in [6.45, 7) is 5.92. The summed E-state index contributed by atoms with van der Waals surface area (Å²) < 4.78 is 5.27. The Morgan fingerprint density at radius 3 is 2.41 bits per heavy atom. The lowest BCUT2D eigenvalue weighted by molar-refractivity contribution is -0.132. The van der Waals surface area contributed by atoms with Crippen molar-refractivity contribution >= 4 is 23.6 Å². The first-order chi connectivity index (χ1) is 14.0. The fourth-order valence-corrected chi connectivity index (χ4v) is 5.24. The van der Waals surface area contributed by atoms with Crippen LogP contribution in [0.25, 0.3) is 0 Å². The highest BCUT2D eigenvalue weighted by molar-refractivity contribution is 7.99. The van der Waals surface area contributed by atoms with E-state index < -0.39 is 0 Å². The number of hydrogen-bond acceptors (Lipinski definition) is 5. The highest BCUT2D eigenvalue weighted by Gasteiger charge is 2.40. The lowest BCUT2D eigenvalue weighted by Gasteiger charge is -2.49. The molecule has 5 rings (SSSR count). The zero-order chi connectivity index (χ0) is 20.4. The molecule has 3 fully saturated rings. The van der Waals surface area contributed by atoms with Crippen LogP contribution >= 0.6 is 11.8 Å². The summed E-state index contributed by atoms with van der Waals surface area (Å²) >= 11 is 1.51. The Morgan fingerprint density at radius 1 is 1.07 bits per heavy atom. The molecule has 3 aliphatic heterocycles. The third-order valence-corrected chi connectivity index (χ3v) is 6.99. The predicted octanol–water partition coefficient (Wildman–Crippen LogP) is 3.98. The van der Waals surface area contributed by atoms with E-state index in [1.54, 1.807) is 6.07 Å². The third-order valence-electron chi connectivity index (χ3n) is 5.92. The fraction of sp³-hybridized carbons (Fsp3) is 0.391. The molecule has 2 aromatic rings. The van der Waals surface area contributed by atoms with Gasteiger partial charge in [-0.15, -0.1) is 0 Å². The van der Waals surface area contributed by atoms with Crippen molar-refractivity contribution in [3.05, 3.63) is 54.1 Å². The van der Waals surface area contributed by atoms with Crippen molar-refractivity contribution < 1.29 is 14.3 Å². The van der Waals surface area contributed by atoms with Gasteiger partial charge in [0, 0.05) is 29.5 Å². The van der Waals surface area contributed by atoms with Crippen molar-refractivity contribution in [3.8, 4) is 5.75 Å². The van der Waals surface area contributed by atoms with E-state index in [0.29, 0.717) is 23.3 Å². The molecule has 2 aromatic carbocycles. The van der Waals surface area contributed by atoms with E-state index >= 15 is 0 Å². The van der Waals surface area contributed by atoms with Crippen LogP contribution < -0.4 is 10.1 Å². The van der Waals surface area contributed by atoms with Crippen LogP contribution in [0.2, 0.25) is 0 Å². The van der Waals surface area contributed by atoms with Crippen LogP contribution in [0.15, 0.2) is 58.3 Å². The van der Waals surface area contributed by atoms with Crippen LogP contribution in [0.1, 0.15) is 37.0 Å². The van der Waals surface area contributed by atoms with Crippen LogP contribution in [0.5, 0.6) is 5.75 Å². The molecule has 3 saturated heterocycles. The zero-order valence-electron chi connectivity index (χ0n) is 16.8. The molecular formula is C23H26N2O3S. The van der Waals surface area contributed by atoms with Gasteiger partial charge in [0.15, 0.2) is 0 Å². The number of rotatable bonds is 5. The molecule has 0 aromatic heterocycles. The number of para-hydroxylation sites is 1. The van der Waals surface area contributed by atoms with Gasteiger partial charge in [-0.2, -0.15) is 0 Å². The molecule has 0 saturated carbocycles. The van der Waals surface area contributed by atoms with Gasteiger partial charge in [0.1, 0.15) is 5.75 Å². The van der Waals surface area contributed by atoms with E-state index in [-0.39, 0.29) is 17.9 Å². The maximum atomic E-state index is 12.8. The summed E-state index contributed by atoms with van der Waals surface area (Å²) in [4.78, 5) is 28.4. The lowest BCUT2D eigenvalue weighted by atomic mass is 9.79. The summed E-state index contributed by atoms with van der Waals surface area (Å²) in [6.07, 6.45) is 2.35. The molecule has 152 valence electrons. The van der Waals surface area contributed by atoms with Gasteiger partial charge in [-0.3, -0.25) is 14.5 Å². The molecule has 3 heterocycles. The van der Waals surface area contributed by atoms with Crippen molar-refractivity contribution in [1.82, 2.24) is 10.2 Å². The average Bonchev–Trinajstić information content (AvgIpc) is 2.72. The van der Waals surface area contributed by atoms with Crippen LogP contribution in [-0.4, -0.2) is 41.9 Å². The van der Waals surface area contributed by atoms with Gasteiger partial charge in [0.25, 0.3) is 5.91 Å². The second-order valence-electron chi connectivity index (χ2n) is 7.78. The van der Waals surface area contributed by atoms with Gasteiger partial charge >= 0.3 is 5.97 Å². The van der Waals surface area contributed by atoms with E-state index in [9.17, 15) is 9.59 Å². The van der Waals surface area contributed by atoms with E-state index in [4.69, 9.17) is 4.74 Å². The second-order valence-corrected chi connectivity index (χ2v) is 8.90. The Hall–Kier alpha value is -2.31. The minimum absolute atomic E-state index is 0.00698. The van der Waals surface area contributed by atoms with Crippen LogP contribution in [0.4, 0.5) is 0 Å². The summed E-state index contributed by atoms with van der Waals surface area (Å²) in [6, 6.07) is 15.7. The molecule has 2 atom stereocenters. The number of carbonyl (C=O) groups is 2. The molecule has 1 amide bonds. The number of piperidine rings is 3. The molecule has 0 spiro atoms. The van der Waals surface area contributed by atoms with E-state index in [1.165, 1.54) is 31.5 Å². The number of ether oxygens (including phenoxy) is 1. The van der Waals surface area contributed by atoms with Gasteiger partial charge in [-0.05, 0) is 75.2 Å². The smallest absolute Gasteiger partial charge is 0.308 e. The maximum Gasteiger partial charge on any atom is 0.308 e. The van der Waals surface area contributed by atoms with Crippen LogP contribution in [-0.2, 0) is 4.79 Å². The number of carbonyl (C=O) groups excluding carboxylic acids is 2. The van der Waals surface area contributed by atoms with E-state index in [1.807, 2.05) is 42.5 Å². The Labute approximate surface area is 175 Å². The fourth-order valence-electron chi connectivity index (χ4n) is 4.35. The molecule has 29 heavy (non-hydrogen) atoms. The van der Waals surface area contributed by atoms with Crippen molar-refractivity contribution in [2.75, 3.05) is 13.1 Å². The first-order valence-corrected chi connectivity index (χ1v) is 10.9. The standard InChI is InChI=1S/C23H26N2O3S/c1-15-22(17-11-13-25(15)14-12-17)24-23(27)18-7-9-19(10-8-18)29-21-6-4-3-5-20(21)28-16(2)26/h3-10,15,17,22H,11-14H2,1-2H3,(H,24,27). The van der Waals surface area contributed by atoms with Gasteiger partial charge in [0.05, 0.1) is 4.90 Å². The van der Waals surface area contributed by atoms with Crippen molar-refractivity contribution in [2.24, 2.45) is 5.92 Å². The molecule has 0 radical (unpaired) electrons. The molecule has 0 aliphatic carbocycles. The summed E-state index contributed by atoms with van der Waals surface area (Å²) in [5, 5.41) is 3.27. The van der Waals surface area contributed by atoms with Gasteiger partial charge in [-0.25, -0.2) is 0 Å². The number of benzene rings is 2. The van der Waals surface area contributed by atoms with Gasteiger partial charge < -0.3 is 10.1 Å². The molecule has 2 unspecified atom stereocenters. The first-order valence-electron chi connectivity index (χ1n) is 10.1. The second kappa shape index (κ2) is 8.59. The minimum Gasteiger partial charge on any atom is -0.426 e. The SMILES string of the molecule is CC(=O)Oc1ccccc1Sc1ccc(C(=O)NC2C3CCN(CC3)C2C)cc1. The van der Waals surface area contributed by atoms with Crippen LogP contribution in [0, 0.1) is 5.92 Å².